The Morgan fingerprint density at radius 3 is 2.19 bits per heavy atom. The van der Waals surface area contributed by atoms with Crippen LogP contribution in [0, 0.1) is 0 Å². The second kappa shape index (κ2) is 7.91. The molecule has 2 aromatic rings. The lowest BCUT2D eigenvalue weighted by atomic mass is 10.2. The smallest absolute Gasteiger partial charge is 0.434 e. The number of halogens is 5. The molecule has 146 valence electrons. The molecule has 0 aliphatic rings. The summed E-state index contributed by atoms with van der Waals surface area (Å²) in [6.07, 6.45) is 0. The normalized spacial score (nSPS) is 12.1. The maximum Gasteiger partial charge on any atom is 0.501 e. The van der Waals surface area contributed by atoms with Gasteiger partial charge in [0.1, 0.15) is 5.75 Å². The lowest BCUT2D eigenvalue weighted by molar-refractivity contribution is -0.0505. The number of nitrogens with one attached hydrogen (secondary N) is 1. The number of alkyl halides is 5. The molecule has 0 fully saturated rings. The summed E-state index contributed by atoms with van der Waals surface area (Å²) in [7, 11) is -5.51. The van der Waals surface area contributed by atoms with E-state index >= 15 is 0 Å². The second-order valence-electron chi connectivity index (χ2n) is 5.14. The van der Waals surface area contributed by atoms with E-state index in [9.17, 15) is 35.2 Å². The lowest BCUT2D eigenvalue weighted by Crippen LogP contribution is -2.24. The first-order chi connectivity index (χ1) is 12.5. The summed E-state index contributed by atoms with van der Waals surface area (Å²) in [5.74, 6) is -0.878. The quantitative estimate of drug-likeness (QED) is 0.742. The lowest BCUT2D eigenvalue weighted by Gasteiger charge is -2.12. The van der Waals surface area contributed by atoms with Crippen LogP contribution in [0.25, 0.3) is 0 Å². The predicted octanol–water partition coefficient (Wildman–Crippen LogP) is 3.51. The van der Waals surface area contributed by atoms with E-state index in [0.717, 1.165) is 12.1 Å². The van der Waals surface area contributed by atoms with Gasteiger partial charge in [0.25, 0.3) is 15.7 Å². The molecular formula is C16H12F5NO4S. The van der Waals surface area contributed by atoms with Crippen molar-refractivity contribution in [2.45, 2.75) is 23.6 Å². The zero-order valence-corrected chi connectivity index (χ0v) is 14.2. The average molecular weight is 409 g/mol. The Labute approximate surface area is 150 Å². The molecule has 0 atom stereocenters. The van der Waals surface area contributed by atoms with Crippen LogP contribution in [-0.2, 0) is 16.4 Å². The van der Waals surface area contributed by atoms with Crippen LogP contribution in [0.1, 0.15) is 15.9 Å². The van der Waals surface area contributed by atoms with Crippen molar-refractivity contribution in [2.24, 2.45) is 0 Å². The van der Waals surface area contributed by atoms with Gasteiger partial charge in [0.2, 0.25) is 0 Å². The van der Waals surface area contributed by atoms with Crippen LogP contribution in [0.5, 0.6) is 5.75 Å². The maximum absolute atomic E-state index is 12.5. The number of rotatable bonds is 6. The minimum absolute atomic E-state index is 0.108. The van der Waals surface area contributed by atoms with Gasteiger partial charge < -0.3 is 10.1 Å². The Bertz CT molecular complexity index is 911. The standard InChI is InChI=1S/C16H12F5NO4S/c17-15(18)26-13-4-2-1-3-11(13)9-22-14(23)10-5-7-12(8-6-10)27(24,25)16(19,20)21/h1-8,15H,9H2,(H,22,23). The van der Waals surface area contributed by atoms with Crippen molar-refractivity contribution >= 4 is 15.7 Å². The van der Waals surface area contributed by atoms with Crippen molar-refractivity contribution in [2.75, 3.05) is 0 Å². The van der Waals surface area contributed by atoms with E-state index in [-0.39, 0.29) is 23.4 Å². The van der Waals surface area contributed by atoms with E-state index in [1.807, 2.05) is 0 Å². The van der Waals surface area contributed by atoms with E-state index < -0.39 is 32.8 Å². The molecule has 0 bridgehead atoms. The number of sulfone groups is 1. The second-order valence-corrected chi connectivity index (χ2v) is 7.08. The third-order valence-electron chi connectivity index (χ3n) is 3.36. The number of benzene rings is 2. The Kier molecular flexibility index (Phi) is 6.04. The summed E-state index contributed by atoms with van der Waals surface area (Å²) in [4.78, 5) is 11.0. The Morgan fingerprint density at radius 1 is 1.04 bits per heavy atom. The molecule has 0 aliphatic heterocycles. The number of ether oxygens (including phenoxy) is 1. The maximum atomic E-state index is 12.5. The summed E-state index contributed by atoms with van der Waals surface area (Å²) in [6, 6.07) is 8.86. The summed E-state index contributed by atoms with van der Waals surface area (Å²) in [5.41, 5.74) is -5.31. The monoisotopic (exact) mass is 409 g/mol. The number of hydrogen-bond acceptors (Lipinski definition) is 4. The van der Waals surface area contributed by atoms with Crippen LogP contribution >= 0.6 is 0 Å². The van der Waals surface area contributed by atoms with Crippen molar-refractivity contribution in [3.05, 3.63) is 59.7 Å². The van der Waals surface area contributed by atoms with Crippen LogP contribution in [-0.4, -0.2) is 26.4 Å². The highest BCUT2D eigenvalue weighted by Gasteiger charge is 2.46. The molecule has 0 aliphatic carbocycles. The van der Waals surface area contributed by atoms with Crippen LogP contribution in [0.4, 0.5) is 22.0 Å². The number of carbonyl (C=O) groups is 1. The Balaban J connectivity index is 2.10. The third kappa shape index (κ3) is 4.94. The summed E-state index contributed by atoms with van der Waals surface area (Å²) >= 11 is 0. The molecule has 1 N–H and O–H groups in total. The fourth-order valence-corrected chi connectivity index (χ4v) is 2.82. The first kappa shape index (κ1) is 20.6. The van der Waals surface area contributed by atoms with Crippen LogP contribution in [0.3, 0.4) is 0 Å². The third-order valence-corrected chi connectivity index (χ3v) is 4.86. The Morgan fingerprint density at radius 2 is 1.63 bits per heavy atom. The summed E-state index contributed by atoms with van der Waals surface area (Å²) in [6.45, 7) is -3.24. The molecule has 0 spiro atoms. The molecule has 0 saturated carbocycles. The topological polar surface area (TPSA) is 72.5 Å². The molecule has 0 unspecified atom stereocenters. The highest BCUT2D eigenvalue weighted by atomic mass is 32.2. The Hall–Kier alpha value is -2.69. The molecule has 27 heavy (non-hydrogen) atoms. The number of para-hydroxylation sites is 1. The predicted molar refractivity (Wildman–Crippen MR) is 83.9 cm³/mol. The molecule has 2 rings (SSSR count). The van der Waals surface area contributed by atoms with Gasteiger partial charge in [-0.2, -0.15) is 22.0 Å². The van der Waals surface area contributed by atoms with E-state index in [4.69, 9.17) is 0 Å². The van der Waals surface area contributed by atoms with Gasteiger partial charge in [-0.1, -0.05) is 18.2 Å². The van der Waals surface area contributed by atoms with Crippen molar-refractivity contribution in [1.82, 2.24) is 5.32 Å². The van der Waals surface area contributed by atoms with Gasteiger partial charge in [-0.05, 0) is 30.3 Å². The zero-order valence-electron chi connectivity index (χ0n) is 13.3. The first-order valence-corrected chi connectivity index (χ1v) is 8.73. The van der Waals surface area contributed by atoms with Crippen molar-refractivity contribution in [1.29, 1.82) is 0 Å². The summed E-state index contributed by atoms with van der Waals surface area (Å²) in [5, 5.41) is 2.38. The molecule has 2 aromatic carbocycles. The fraction of sp³-hybridized carbons (Fsp3) is 0.188. The molecule has 11 heteroatoms. The molecular weight excluding hydrogens is 397 g/mol. The molecule has 5 nitrogen and oxygen atoms in total. The van der Waals surface area contributed by atoms with Crippen molar-refractivity contribution < 1.29 is 39.9 Å². The van der Waals surface area contributed by atoms with E-state index in [0.29, 0.717) is 12.1 Å². The summed E-state index contributed by atoms with van der Waals surface area (Å²) < 4.78 is 89.0. The van der Waals surface area contributed by atoms with Crippen LogP contribution < -0.4 is 10.1 Å². The highest BCUT2D eigenvalue weighted by molar-refractivity contribution is 7.92. The molecule has 0 saturated heterocycles. The number of hydrogen-bond donors (Lipinski definition) is 1. The first-order valence-electron chi connectivity index (χ1n) is 7.24. The largest absolute Gasteiger partial charge is 0.501 e. The van der Waals surface area contributed by atoms with Crippen molar-refractivity contribution in [3.8, 4) is 5.75 Å². The molecule has 1 amide bonds. The highest BCUT2D eigenvalue weighted by Crippen LogP contribution is 2.30. The minimum atomic E-state index is -5.51. The van der Waals surface area contributed by atoms with Gasteiger partial charge in [-0.15, -0.1) is 0 Å². The fourth-order valence-electron chi connectivity index (χ4n) is 2.06. The minimum Gasteiger partial charge on any atom is -0.434 e. The van der Waals surface area contributed by atoms with Gasteiger partial charge >= 0.3 is 12.1 Å². The van der Waals surface area contributed by atoms with Gasteiger partial charge in [-0.3, -0.25) is 4.79 Å². The average Bonchev–Trinajstić information content (AvgIpc) is 2.59. The van der Waals surface area contributed by atoms with Gasteiger partial charge in [0, 0.05) is 17.7 Å². The van der Waals surface area contributed by atoms with E-state index in [2.05, 4.69) is 10.1 Å². The van der Waals surface area contributed by atoms with Crippen LogP contribution in [0.2, 0.25) is 0 Å². The van der Waals surface area contributed by atoms with Gasteiger partial charge in [-0.25, -0.2) is 8.42 Å². The van der Waals surface area contributed by atoms with Gasteiger partial charge in [0.15, 0.2) is 0 Å². The van der Waals surface area contributed by atoms with Crippen molar-refractivity contribution in [3.63, 3.8) is 0 Å². The SMILES string of the molecule is O=C(NCc1ccccc1OC(F)F)c1ccc(S(=O)(=O)C(F)(F)F)cc1. The van der Waals surface area contributed by atoms with E-state index in [1.165, 1.54) is 24.3 Å². The van der Waals surface area contributed by atoms with Gasteiger partial charge in [0.05, 0.1) is 4.90 Å². The number of amides is 1. The van der Waals surface area contributed by atoms with E-state index in [1.54, 1.807) is 0 Å². The van der Waals surface area contributed by atoms with Crippen LogP contribution in [0.15, 0.2) is 53.4 Å². The molecule has 0 aromatic heterocycles. The number of carbonyl (C=O) groups excluding carboxylic acids is 1. The zero-order chi connectivity index (χ0) is 20.2. The molecule has 0 heterocycles. The molecule has 0 radical (unpaired) electrons.